The number of aromatic nitrogens is 1. The van der Waals surface area contributed by atoms with E-state index in [4.69, 9.17) is 5.73 Å². The molecule has 1 saturated carbocycles. The minimum atomic E-state index is -3.82. The molecule has 0 unspecified atom stereocenters. The van der Waals surface area contributed by atoms with E-state index in [1.165, 1.54) is 25.2 Å². The van der Waals surface area contributed by atoms with E-state index < -0.39 is 38.4 Å². The number of anilines is 1. The zero-order valence-electron chi connectivity index (χ0n) is 16.9. The average Bonchev–Trinajstić information content (AvgIpc) is 3.13. The number of halogens is 2. The molecule has 2 aromatic rings. The van der Waals surface area contributed by atoms with Crippen molar-refractivity contribution in [3.63, 3.8) is 0 Å². The molecule has 2 heterocycles. The smallest absolute Gasteiger partial charge is 0.274 e. The number of aliphatic imine (C=N–C) groups is 1. The van der Waals surface area contributed by atoms with Gasteiger partial charge in [-0.05, 0) is 56.0 Å². The van der Waals surface area contributed by atoms with Crippen LogP contribution < -0.4 is 11.1 Å². The number of nitrogens with two attached hydrogens (primary N) is 1. The number of carbonyl (C=O) groups excluding carboxylic acids is 1. The van der Waals surface area contributed by atoms with E-state index in [0.29, 0.717) is 24.8 Å². The molecule has 4 rings (SSSR count). The van der Waals surface area contributed by atoms with E-state index in [9.17, 15) is 22.0 Å². The highest BCUT2D eigenvalue weighted by Gasteiger charge is 2.56. The van der Waals surface area contributed by atoms with Crippen molar-refractivity contribution in [2.75, 3.05) is 12.4 Å². The molecule has 0 radical (unpaired) electrons. The van der Waals surface area contributed by atoms with Crippen molar-refractivity contribution >= 4 is 27.6 Å². The third kappa shape index (κ3) is 3.32. The number of benzene rings is 1. The summed E-state index contributed by atoms with van der Waals surface area (Å²) in [6.45, 7) is 1.55. The number of pyridine rings is 1. The third-order valence-corrected chi connectivity index (χ3v) is 8.18. The average molecular weight is 449 g/mol. The SMILES string of the molecule is Cc1cc(F)cnc1C(=O)Nc1ccc(F)c([C@]23CCC[C@H]2S(=O)(=O)N(C)C(N)=N3)c1. The van der Waals surface area contributed by atoms with Gasteiger partial charge >= 0.3 is 0 Å². The van der Waals surface area contributed by atoms with Gasteiger partial charge in [0.2, 0.25) is 16.0 Å². The molecule has 0 bridgehead atoms. The highest BCUT2D eigenvalue weighted by Crippen LogP contribution is 2.49. The zero-order valence-corrected chi connectivity index (χ0v) is 17.7. The number of hydrogen-bond acceptors (Lipinski definition) is 6. The number of nitrogens with one attached hydrogen (secondary N) is 1. The largest absolute Gasteiger partial charge is 0.369 e. The van der Waals surface area contributed by atoms with Gasteiger partial charge in [-0.2, -0.15) is 0 Å². The number of nitrogens with zero attached hydrogens (tertiary/aromatic N) is 3. The summed E-state index contributed by atoms with van der Waals surface area (Å²) in [5.41, 5.74) is 5.15. The van der Waals surface area contributed by atoms with Gasteiger partial charge in [-0.1, -0.05) is 0 Å². The Bertz CT molecular complexity index is 1220. The molecule has 164 valence electrons. The van der Waals surface area contributed by atoms with E-state index in [0.717, 1.165) is 16.6 Å². The van der Waals surface area contributed by atoms with Gasteiger partial charge in [-0.25, -0.2) is 31.5 Å². The van der Waals surface area contributed by atoms with E-state index in [1.54, 1.807) is 6.92 Å². The molecule has 31 heavy (non-hydrogen) atoms. The molecule has 11 heteroatoms. The van der Waals surface area contributed by atoms with Gasteiger partial charge in [0.25, 0.3) is 5.91 Å². The molecule has 1 aromatic carbocycles. The Hall–Kier alpha value is -3.08. The van der Waals surface area contributed by atoms with Crippen LogP contribution >= 0.6 is 0 Å². The van der Waals surface area contributed by atoms with Gasteiger partial charge in [0.05, 0.1) is 6.20 Å². The Balaban J connectivity index is 1.76. The van der Waals surface area contributed by atoms with E-state index >= 15 is 0 Å². The predicted molar refractivity (Wildman–Crippen MR) is 111 cm³/mol. The van der Waals surface area contributed by atoms with Crippen molar-refractivity contribution in [1.29, 1.82) is 0 Å². The van der Waals surface area contributed by atoms with Crippen LogP contribution in [-0.4, -0.2) is 41.9 Å². The van der Waals surface area contributed by atoms with E-state index in [-0.39, 0.29) is 22.9 Å². The van der Waals surface area contributed by atoms with Crippen LogP contribution in [0.25, 0.3) is 0 Å². The van der Waals surface area contributed by atoms with Crippen LogP contribution in [0.1, 0.15) is 40.9 Å². The summed E-state index contributed by atoms with van der Waals surface area (Å²) in [7, 11) is -2.50. The first-order valence-electron chi connectivity index (χ1n) is 9.63. The summed E-state index contributed by atoms with van der Waals surface area (Å²) in [4.78, 5) is 20.8. The Morgan fingerprint density at radius 3 is 2.77 bits per heavy atom. The zero-order chi connectivity index (χ0) is 22.6. The molecule has 8 nitrogen and oxygen atoms in total. The molecule has 3 N–H and O–H groups in total. The lowest BCUT2D eigenvalue weighted by Crippen LogP contribution is -2.55. The summed E-state index contributed by atoms with van der Waals surface area (Å²) in [5, 5.41) is 1.65. The summed E-state index contributed by atoms with van der Waals surface area (Å²) in [6.07, 6.45) is 2.08. The maximum absolute atomic E-state index is 14.9. The summed E-state index contributed by atoms with van der Waals surface area (Å²) < 4.78 is 55.0. The number of amides is 1. The minimum Gasteiger partial charge on any atom is -0.369 e. The third-order valence-electron chi connectivity index (χ3n) is 5.89. The molecule has 0 saturated heterocycles. The van der Waals surface area contributed by atoms with Gasteiger partial charge in [-0.3, -0.25) is 4.79 Å². The number of carbonyl (C=O) groups is 1. The highest BCUT2D eigenvalue weighted by molar-refractivity contribution is 7.90. The van der Waals surface area contributed by atoms with Crippen molar-refractivity contribution in [2.45, 2.75) is 37.0 Å². The van der Waals surface area contributed by atoms with Gasteiger partial charge < -0.3 is 11.1 Å². The number of sulfonamides is 1. The monoisotopic (exact) mass is 449 g/mol. The lowest BCUT2D eigenvalue weighted by molar-refractivity contribution is 0.102. The van der Waals surface area contributed by atoms with Crippen molar-refractivity contribution in [2.24, 2.45) is 10.7 Å². The molecular formula is C20H21F2N5O3S. The molecular weight excluding hydrogens is 428 g/mol. The molecule has 1 fully saturated rings. The van der Waals surface area contributed by atoms with Crippen molar-refractivity contribution in [1.82, 2.24) is 9.29 Å². The molecule has 2 aliphatic rings. The molecule has 1 aromatic heterocycles. The minimum absolute atomic E-state index is 0.0216. The van der Waals surface area contributed by atoms with Crippen molar-refractivity contribution < 1.29 is 22.0 Å². The van der Waals surface area contributed by atoms with Gasteiger partial charge in [0, 0.05) is 18.3 Å². The Morgan fingerprint density at radius 1 is 1.32 bits per heavy atom. The fraction of sp³-hybridized carbons (Fsp3) is 0.350. The second-order valence-electron chi connectivity index (χ2n) is 7.76. The standard InChI is InChI=1S/C20H21F2N5O3S/c1-11-8-12(21)10-24-17(11)18(28)25-13-5-6-15(22)14(9-13)20-7-3-4-16(20)31(29,30)27(2)19(23)26-20/h5-6,8-10,16H,3-4,7H2,1-2H3,(H2,23,26)(H,25,28)/t16-,20-/m1/s1. The first-order valence-corrected chi connectivity index (χ1v) is 11.1. The van der Waals surface area contributed by atoms with Gasteiger partial charge in [-0.15, -0.1) is 0 Å². The normalized spacial score (nSPS) is 24.5. The topological polar surface area (TPSA) is 118 Å². The lowest BCUT2D eigenvalue weighted by atomic mass is 9.87. The van der Waals surface area contributed by atoms with E-state index in [2.05, 4.69) is 15.3 Å². The van der Waals surface area contributed by atoms with Gasteiger partial charge in [0.15, 0.2) is 0 Å². The second kappa shape index (κ2) is 7.26. The van der Waals surface area contributed by atoms with Crippen LogP contribution in [0.15, 0.2) is 35.5 Å². The molecule has 2 atom stereocenters. The maximum Gasteiger partial charge on any atom is 0.274 e. The van der Waals surface area contributed by atoms with Crippen LogP contribution in [-0.2, 0) is 15.6 Å². The van der Waals surface area contributed by atoms with Crippen LogP contribution in [0.4, 0.5) is 14.5 Å². The molecule has 1 aliphatic carbocycles. The number of fused-ring (bicyclic) bond motifs is 1. The summed E-state index contributed by atoms with van der Waals surface area (Å²) >= 11 is 0. The Morgan fingerprint density at radius 2 is 2.06 bits per heavy atom. The molecule has 1 amide bonds. The second-order valence-corrected chi connectivity index (χ2v) is 9.90. The maximum atomic E-state index is 14.9. The van der Waals surface area contributed by atoms with Crippen LogP contribution in [0.3, 0.4) is 0 Å². The summed E-state index contributed by atoms with van der Waals surface area (Å²) in [6, 6.07) is 5.06. The van der Waals surface area contributed by atoms with Gasteiger partial charge in [0.1, 0.15) is 28.1 Å². The van der Waals surface area contributed by atoms with Crippen LogP contribution in [0.2, 0.25) is 0 Å². The number of aryl methyl sites for hydroxylation is 1. The van der Waals surface area contributed by atoms with Crippen molar-refractivity contribution in [3.05, 3.63) is 58.9 Å². The first-order chi connectivity index (χ1) is 14.6. The molecule has 1 aliphatic heterocycles. The van der Waals surface area contributed by atoms with Crippen LogP contribution in [0, 0.1) is 18.6 Å². The Labute approximate surface area is 178 Å². The fourth-order valence-electron chi connectivity index (χ4n) is 4.35. The summed E-state index contributed by atoms with van der Waals surface area (Å²) in [5.74, 6) is -2.02. The number of hydrogen-bond donors (Lipinski definition) is 2. The Kier molecular flexibility index (Phi) is 4.95. The number of rotatable bonds is 3. The first kappa shape index (κ1) is 21.2. The van der Waals surface area contributed by atoms with Crippen LogP contribution in [0.5, 0.6) is 0 Å². The predicted octanol–water partition coefficient (Wildman–Crippen LogP) is 2.26. The molecule has 0 spiro atoms. The van der Waals surface area contributed by atoms with E-state index in [1.807, 2.05) is 0 Å². The number of guanidine groups is 1. The highest BCUT2D eigenvalue weighted by atomic mass is 32.2. The van der Waals surface area contributed by atoms with Crippen molar-refractivity contribution in [3.8, 4) is 0 Å². The fourth-order valence-corrected chi connectivity index (χ4v) is 6.29. The quantitative estimate of drug-likeness (QED) is 0.745. The lowest BCUT2D eigenvalue weighted by Gasteiger charge is -2.39.